The maximum Gasteiger partial charge on any atom is 0.255 e. The number of carbonyl (C=O) groups excluding carboxylic acids is 3. The summed E-state index contributed by atoms with van der Waals surface area (Å²) in [6, 6.07) is 19.1. The zero-order valence-electron chi connectivity index (χ0n) is 17.0. The van der Waals surface area contributed by atoms with Gasteiger partial charge in [-0.3, -0.25) is 14.4 Å². The predicted molar refractivity (Wildman–Crippen MR) is 124 cm³/mol. The molecular formula is C24H21BrFN3O3. The average molecular weight is 498 g/mol. The molecule has 0 aliphatic carbocycles. The Hall–Kier alpha value is -3.52. The maximum absolute atomic E-state index is 13.0. The van der Waals surface area contributed by atoms with Crippen LogP contribution < -0.4 is 16.0 Å². The van der Waals surface area contributed by atoms with Gasteiger partial charge in [0.25, 0.3) is 11.8 Å². The molecular weight excluding hydrogens is 477 g/mol. The highest BCUT2D eigenvalue weighted by Gasteiger charge is 2.09. The quantitative estimate of drug-likeness (QED) is 0.412. The highest BCUT2D eigenvalue weighted by molar-refractivity contribution is 9.10. The van der Waals surface area contributed by atoms with Gasteiger partial charge >= 0.3 is 0 Å². The van der Waals surface area contributed by atoms with Crippen molar-refractivity contribution >= 4 is 39.3 Å². The van der Waals surface area contributed by atoms with E-state index >= 15 is 0 Å². The van der Waals surface area contributed by atoms with Crippen LogP contribution in [0.15, 0.2) is 77.3 Å². The van der Waals surface area contributed by atoms with E-state index in [1.165, 1.54) is 24.3 Å². The number of amides is 3. The van der Waals surface area contributed by atoms with Crippen molar-refractivity contribution in [3.8, 4) is 0 Å². The van der Waals surface area contributed by atoms with E-state index < -0.39 is 5.82 Å². The highest BCUT2D eigenvalue weighted by Crippen LogP contribution is 2.12. The van der Waals surface area contributed by atoms with Crippen molar-refractivity contribution in [2.24, 2.45) is 0 Å². The molecule has 0 aromatic heterocycles. The Morgan fingerprint density at radius 1 is 0.719 bits per heavy atom. The van der Waals surface area contributed by atoms with Crippen molar-refractivity contribution < 1.29 is 18.8 Å². The van der Waals surface area contributed by atoms with Crippen molar-refractivity contribution in [2.45, 2.75) is 6.42 Å². The lowest BCUT2D eigenvalue weighted by atomic mass is 10.1. The Labute approximate surface area is 193 Å². The summed E-state index contributed by atoms with van der Waals surface area (Å²) >= 11 is 3.35. The van der Waals surface area contributed by atoms with E-state index in [4.69, 9.17) is 0 Å². The average Bonchev–Trinajstić information content (AvgIpc) is 2.79. The first kappa shape index (κ1) is 23.1. The van der Waals surface area contributed by atoms with E-state index in [9.17, 15) is 18.8 Å². The molecule has 0 saturated carbocycles. The minimum Gasteiger partial charge on any atom is -0.354 e. The van der Waals surface area contributed by atoms with Gasteiger partial charge in [-0.1, -0.05) is 28.1 Å². The number of anilines is 1. The number of rotatable bonds is 8. The molecule has 32 heavy (non-hydrogen) atoms. The number of hydrogen-bond donors (Lipinski definition) is 3. The van der Waals surface area contributed by atoms with Gasteiger partial charge in [0.1, 0.15) is 5.82 Å². The molecule has 0 fully saturated rings. The lowest BCUT2D eigenvalue weighted by Gasteiger charge is -2.09. The van der Waals surface area contributed by atoms with E-state index in [2.05, 4.69) is 31.9 Å². The molecule has 0 bridgehead atoms. The van der Waals surface area contributed by atoms with Crippen LogP contribution in [0.2, 0.25) is 0 Å². The van der Waals surface area contributed by atoms with E-state index in [1.54, 1.807) is 24.3 Å². The van der Waals surface area contributed by atoms with Crippen LogP contribution in [-0.4, -0.2) is 30.8 Å². The van der Waals surface area contributed by atoms with Gasteiger partial charge in [-0.15, -0.1) is 0 Å². The summed E-state index contributed by atoms with van der Waals surface area (Å²) in [5.41, 5.74) is 2.17. The van der Waals surface area contributed by atoms with Crippen molar-refractivity contribution in [1.82, 2.24) is 10.6 Å². The number of benzene rings is 3. The van der Waals surface area contributed by atoms with Crippen LogP contribution in [0.1, 0.15) is 26.3 Å². The summed E-state index contributed by atoms with van der Waals surface area (Å²) < 4.78 is 13.9. The summed E-state index contributed by atoms with van der Waals surface area (Å²) in [7, 11) is 0. The summed E-state index contributed by atoms with van der Waals surface area (Å²) in [6.07, 6.45) is 0.270. The molecule has 8 heteroatoms. The van der Waals surface area contributed by atoms with E-state index in [0.717, 1.165) is 10.0 Å². The first-order chi connectivity index (χ1) is 15.4. The van der Waals surface area contributed by atoms with Crippen LogP contribution in [0.25, 0.3) is 0 Å². The van der Waals surface area contributed by atoms with E-state index in [1.807, 2.05) is 24.3 Å². The SMILES string of the molecule is O=C(Cc1ccc(Br)cc1)NCCNC(=O)c1ccc(NC(=O)c2ccc(F)cc2)cc1. The fraction of sp³-hybridized carbons (Fsp3) is 0.125. The van der Waals surface area contributed by atoms with E-state index in [-0.39, 0.29) is 30.7 Å². The third-order valence-electron chi connectivity index (χ3n) is 4.52. The molecule has 0 unspecified atom stereocenters. The van der Waals surface area contributed by atoms with Gasteiger partial charge in [-0.25, -0.2) is 4.39 Å². The first-order valence-electron chi connectivity index (χ1n) is 9.87. The van der Waals surface area contributed by atoms with Crippen molar-refractivity contribution in [3.63, 3.8) is 0 Å². The molecule has 3 rings (SSSR count). The molecule has 0 atom stereocenters. The minimum atomic E-state index is -0.416. The normalized spacial score (nSPS) is 10.3. The number of halogens is 2. The molecule has 3 aromatic rings. The number of hydrogen-bond acceptors (Lipinski definition) is 3. The van der Waals surface area contributed by atoms with Gasteiger partial charge < -0.3 is 16.0 Å². The lowest BCUT2D eigenvalue weighted by Crippen LogP contribution is -2.35. The van der Waals surface area contributed by atoms with Gasteiger partial charge in [-0.2, -0.15) is 0 Å². The molecule has 0 heterocycles. The van der Waals surface area contributed by atoms with Crippen LogP contribution in [0.3, 0.4) is 0 Å². The Balaban J connectivity index is 1.40. The Morgan fingerprint density at radius 2 is 1.28 bits per heavy atom. The van der Waals surface area contributed by atoms with Crippen molar-refractivity contribution in [3.05, 3.63) is 99.8 Å². The highest BCUT2D eigenvalue weighted by atomic mass is 79.9. The second kappa shape index (κ2) is 11.2. The van der Waals surface area contributed by atoms with Crippen LogP contribution in [0, 0.1) is 5.82 Å². The summed E-state index contributed by atoms with van der Waals surface area (Å²) in [5, 5.41) is 8.19. The Bertz CT molecular complexity index is 1080. The third kappa shape index (κ3) is 7.02. The molecule has 0 aliphatic rings. The van der Waals surface area contributed by atoms with E-state index in [0.29, 0.717) is 23.4 Å². The van der Waals surface area contributed by atoms with Gasteiger partial charge in [0.2, 0.25) is 5.91 Å². The molecule has 0 spiro atoms. The molecule has 3 N–H and O–H groups in total. The number of carbonyl (C=O) groups is 3. The fourth-order valence-corrected chi connectivity index (χ4v) is 3.10. The maximum atomic E-state index is 13.0. The summed E-state index contributed by atoms with van der Waals surface area (Å²) in [5.74, 6) is -1.20. The number of nitrogens with one attached hydrogen (secondary N) is 3. The minimum absolute atomic E-state index is 0.122. The zero-order valence-corrected chi connectivity index (χ0v) is 18.6. The molecule has 0 saturated heterocycles. The van der Waals surface area contributed by atoms with Gasteiger partial charge in [0.15, 0.2) is 0 Å². The molecule has 3 aromatic carbocycles. The predicted octanol–water partition coefficient (Wildman–Crippen LogP) is 3.93. The Kier molecular flexibility index (Phi) is 8.10. The van der Waals surface area contributed by atoms with Crippen LogP contribution in [0.4, 0.5) is 10.1 Å². The third-order valence-corrected chi connectivity index (χ3v) is 5.05. The van der Waals surface area contributed by atoms with Crippen LogP contribution >= 0.6 is 15.9 Å². The molecule has 164 valence electrons. The fourth-order valence-electron chi connectivity index (χ4n) is 2.84. The molecule has 0 aliphatic heterocycles. The topological polar surface area (TPSA) is 87.3 Å². The molecule has 3 amide bonds. The standard InChI is InChI=1S/C24H21BrFN3O3/c25-19-7-1-16(2-8-19)15-22(30)27-13-14-28-23(31)17-5-11-21(12-6-17)29-24(32)18-3-9-20(26)10-4-18/h1-12H,13-15H2,(H,27,30)(H,28,31)(H,29,32). The second-order valence-corrected chi connectivity index (χ2v) is 7.86. The van der Waals surface area contributed by atoms with Crippen molar-refractivity contribution in [1.29, 1.82) is 0 Å². The molecule has 6 nitrogen and oxygen atoms in total. The monoisotopic (exact) mass is 497 g/mol. The molecule has 0 radical (unpaired) electrons. The van der Waals surface area contributed by atoms with Crippen molar-refractivity contribution in [2.75, 3.05) is 18.4 Å². The lowest BCUT2D eigenvalue weighted by molar-refractivity contribution is -0.120. The largest absolute Gasteiger partial charge is 0.354 e. The Morgan fingerprint density at radius 3 is 1.94 bits per heavy atom. The van der Waals surface area contributed by atoms with Crippen LogP contribution in [-0.2, 0) is 11.2 Å². The van der Waals surface area contributed by atoms with Gasteiger partial charge in [-0.05, 0) is 66.2 Å². The van der Waals surface area contributed by atoms with Gasteiger partial charge in [0.05, 0.1) is 6.42 Å². The smallest absolute Gasteiger partial charge is 0.255 e. The zero-order chi connectivity index (χ0) is 22.9. The summed E-state index contributed by atoms with van der Waals surface area (Å²) in [4.78, 5) is 36.4. The first-order valence-corrected chi connectivity index (χ1v) is 10.7. The summed E-state index contributed by atoms with van der Waals surface area (Å²) in [6.45, 7) is 0.598. The van der Waals surface area contributed by atoms with Crippen LogP contribution in [0.5, 0.6) is 0 Å². The van der Waals surface area contributed by atoms with Gasteiger partial charge in [0, 0.05) is 34.4 Å². The second-order valence-electron chi connectivity index (χ2n) is 6.95.